The van der Waals surface area contributed by atoms with E-state index in [1.807, 2.05) is 7.05 Å². The lowest BCUT2D eigenvalue weighted by molar-refractivity contribution is 0.152. The second-order valence-corrected chi connectivity index (χ2v) is 7.33. The largest absolute Gasteiger partial charge is 0.356 e. The summed E-state index contributed by atoms with van der Waals surface area (Å²) in [5.41, 5.74) is 2.70. The second kappa shape index (κ2) is 11.7. The number of benzene rings is 1. The Labute approximate surface area is 170 Å². The number of rotatable bonds is 6. The van der Waals surface area contributed by atoms with Crippen LogP contribution in [0.5, 0.6) is 0 Å². The molecule has 0 spiro atoms. The van der Waals surface area contributed by atoms with Crippen LogP contribution in [0, 0.1) is 5.92 Å². The smallest absolute Gasteiger partial charge is 0.191 e. The zero-order valence-corrected chi connectivity index (χ0v) is 18.5. The molecule has 1 fully saturated rings. The van der Waals surface area contributed by atoms with Gasteiger partial charge in [-0.3, -0.25) is 9.89 Å². The number of guanidine groups is 1. The van der Waals surface area contributed by atoms with Gasteiger partial charge >= 0.3 is 0 Å². The first-order valence-corrected chi connectivity index (χ1v) is 9.35. The zero-order valence-electron chi connectivity index (χ0n) is 16.2. The summed E-state index contributed by atoms with van der Waals surface area (Å²) in [4.78, 5) is 6.87. The van der Waals surface area contributed by atoms with E-state index in [1.165, 1.54) is 36.9 Å². The number of nitrogens with zero attached hydrogens (tertiary/aromatic N) is 2. The predicted molar refractivity (Wildman–Crippen MR) is 119 cm³/mol. The van der Waals surface area contributed by atoms with Crippen molar-refractivity contribution in [2.24, 2.45) is 10.9 Å². The van der Waals surface area contributed by atoms with Crippen molar-refractivity contribution in [2.45, 2.75) is 59.2 Å². The maximum atomic E-state index is 4.27. The summed E-state index contributed by atoms with van der Waals surface area (Å²) >= 11 is 0. The predicted octanol–water partition coefficient (Wildman–Crippen LogP) is 4.00. The molecule has 0 radical (unpaired) electrons. The number of aliphatic imine (C=N–C) groups is 1. The number of hydrogen-bond donors (Lipinski definition) is 2. The molecule has 0 amide bonds. The Morgan fingerprint density at radius 1 is 1.16 bits per heavy atom. The lowest BCUT2D eigenvalue weighted by Gasteiger charge is -2.33. The molecule has 1 aliphatic rings. The van der Waals surface area contributed by atoms with E-state index in [0.29, 0.717) is 5.92 Å². The lowest BCUT2D eigenvalue weighted by atomic mass is 10.0. The molecular weight excluding hydrogens is 423 g/mol. The van der Waals surface area contributed by atoms with Crippen LogP contribution in [-0.2, 0) is 13.1 Å². The van der Waals surface area contributed by atoms with E-state index in [9.17, 15) is 0 Å². The highest BCUT2D eigenvalue weighted by Gasteiger charge is 2.17. The van der Waals surface area contributed by atoms with E-state index >= 15 is 0 Å². The van der Waals surface area contributed by atoms with E-state index in [2.05, 4.69) is 65.6 Å². The van der Waals surface area contributed by atoms with Gasteiger partial charge in [0, 0.05) is 32.7 Å². The van der Waals surface area contributed by atoms with Crippen molar-refractivity contribution < 1.29 is 0 Å². The topological polar surface area (TPSA) is 39.7 Å². The average molecular weight is 458 g/mol. The standard InChI is InChI=1S/C20H34N4.HI/c1-16(2)13-22-20(21-4)23-14-18-8-10-19(11-9-18)15-24-12-6-5-7-17(24)3;/h8-11,16-17H,5-7,12-15H2,1-4H3,(H2,21,22,23);1H. The first-order valence-electron chi connectivity index (χ1n) is 9.35. The third-order valence-electron chi connectivity index (χ3n) is 4.71. The molecule has 1 aliphatic heterocycles. The maximum absolute atomic E-state index is 4.27. The van der Waals surface area contributed by atoms with Crippen LogP contribution >= 0.6 is 24.0 Å². The normalized spacial score (nSPS) is 18.8. The van der Waals surface area contributed by atoms with Gasteiger partial charge < -0.3 is 10.6 Å². The molecule has 1 heterocycles. The lowest BCUT2D eigenvalue weighted by Crippen LogP contribution is -2.38. The summed E-state index contributed by atoms with van der Waals surface area (Å²) in [5.74, 6) is 1.48. The van der Waals surface area contributed by atoms with Gasteiger partial charge in [-0.05, 0) is 43.4 Å². The third-order valence-corrected chi connectivity index (χ3v) is 4.71. The van der Waals surface area contributed by atoms with Crippen molar-refractivity contribution in [3.63, 3.8) is 0 Å². The fraction of sp³-hybridized carbons (Fsp3) is 0.650. The number of likely N-dealkylation sites (tertiary alicyclic amines) is 1. The molecule has 1 saturated heterocycles. The van der Waals surface area contributed by atoms with Gasteiger partial charge in [-0.25, -0.2) is 0 Å². The Kier molecular flexibility index (Phi) is 10.4. The molecule has 1 unspecified atom stereocenters. The van der Waals surface area contributed by atoms with Crippen molar-refractivity contribution in [1.29, 1.82) is 0 Å². The molecule has 1 aromatic rings. The van der Waals surface area contributed by atoms with Gasteiger partial charge in [0.2, 0.25) is 0 Å². The molecule has 142 valence electrons. The van der Waals surface area contributed by atoms with Gasteiger partial charge in [-0.15, -0.1) is 24.0 Å². The molecule has 2 rings (SSSR count). The van der Waals surface area contributed by atoms with Crippen molar-refractivity contribution in [2.75, 3.05) is 20.1 Å². The summed E-state index contributed by atoms with van der Waals surface area (Å²) in [6.45, 7) is 10.8. The van der Waals surface area contributed by atoms with Crippen LogP contribution in [0.25, 0.3) is 0 Å². The monoisotopic (exact) mass is 458 g/mol. The summed E-state index contributed by atoms with van der Waals surface area (Å²) in [5, 5.41) is 6.72. The summed E-state index contributed by atoms with van der Waals surface area (Å²) in [7, 11) is 1.82. The molecule has 25 heavy (non-hydrogen) atoms. The van der Waals surface area contributed by atoms with Crippen LogP contribution < -0.4 is 10.6 Å². The SMILES string of the molecule is CN=C(NCc1ccc(CN2CCCCC2C)cc1)NCC(C)C.I. The minimum atomic E-state index is 0. The number of halogens is 1. The fourth-order valence-electron chi connectivity index (χ4n) is 3.10. The second-order valence-electron chi connectivity index (χ2n) is 7.33. The van der Waals surface area contributed by atoms with Gasteiger partial charge in [-0.1, -0.05) is 44.5 Å². The molecule has 1 atom stereocenters. The van der Waals surface area contributed by atoms with Gasteiger partial charge in [0.15, 0.2) is 5.96 Å². The van der Waals surface area contributed by atoms with Crippen molar-refractivity contribution >= 4 is 29.9 Å². The Balaban J connectivity index is 0.00000312. The first kappa shape index (κ1) is 22.2. The van der Waals surface area contributed by atoms with Crippen molar-refractivity contribution in [1.82, 2.24) is 15.5 Å². The molecular formula is C20H35IN4. The maximum Gasteiger partial charge on any atom is 0.191 e. The van der Waals surface area contributed by atoms with Crippen LogP contribution in [0.2, 0.25) is 0 Å². The quantitative estimate of drug-likeness (QED) is 0.385. The molecule has 0 bridgehead atoms. The van der Waals surface area contributed by atoms with E-state index in [1.54, 1.807) is 0 Å². The Morgan fingerprint density at radius 3 is 2.44 bits per heavy atom. The van der Waals surface area contributed by atoms with Crippen LogP contribution in [0.4, 0.5) is 0 Å². The minimum absolute atomic E-state index is 0. The van der Waals surface area contributed by atoms with Crippen LogP contribution in [0.3, 0.4) is 0 Å². The van der Waals surface area contributed by atoms with E-state index in [-0.39, 0.29) is 24.0 Å². The van der Waals surface area contributed by atoms with Gasteiger partial charge in [-0.2, -0.15) is 0 Å². The molecule has 5 heteroatoms. The van der Waals surface area contributed by atoms with Gasteiger partial charge in [0.05, 0.1) is 0 Å². The Morgan fingerprint density at radius 2 is 1.84 bits per heavy atom. The van der Waals surface area contributed by atoms with Crippen molar-refractivity contribution in [3.05, 3.63) is 35.4 Å². The average Bonchev–Trinajstić information content (AvgIpc) is 2.58. The van der Waals surface area contributed by atoms with Gasteiger partial charge in [0.1, 0.15) is 0 Å². The molecule has 0 aromatic heterocycles. The van der Waals surface area contributed by atoms with Crippen LogP contribution in [-0.4, -0.2) is 37.0 Å². The summed E-state index contributed by atoms with van der Waals surface area (Å²) in [6, 6.07) is 9.71. The number of hydrogen-bond acceptors (Lipinski definition) is 2. The molecule has 2 N–H and O–H groups in total. The van der Waals surface area contributed by atoms with Crippen molar-refractivity contribution in [3.8, 4) is 0 Å². The van der Waals surface area contributed by atoms with Crippen LogP contribution in [0.15, 0.2) is 29.3 Å². The molecule has 1 aromatic carbocycles. The van der Waals surface area contributed by atoms with E-state index < -0.39 is 0 Å². The van der Waals surface area contributed by atoms with Crippen LogP contribution in [0.1, 0.15) is 51.2 Å². The Bertz CT molecular complexity index is 513. The highest BCUT2D eigenvalue weighted by atomic mass is 127. The third kappa shape index (κ3) is 7.94. The molecule has 0 aliphatic carbocycles. The molecule has 4 nitrogen and oxygen atoms in total. The zero-order chi connectivity index (χ0) is 17.4. The molecule has 0 saturated carbocycles. The van der Waals surface area contributed by atoms with E-state index in [4.69, 9.17) is 0 Å². The summed E-state index contributed by atoms with van der Waals surface area (Å²) < 4.78 is 0. The van der Waals surface area contributed by atoms with Gasteiger partial charge in [0.25, 0.3) is 0 Å². The summed E-state index contributed by atoms with van der Waals surface area (Å²) in [6.07, 6.45) is 4.06. The number of piperidine rings is 1. The number of nitrogens with one attached hydrogen (secondary N) is 2. The van der Waals surface area contributed by atoms with E-state index in [0.717, 1.165) is 31.6 Å². The fourth-order valence-corrected chi connectivity index (χ4v) is 3.10. The highest BCUT2D eigenvalue weighted by Crippen LogP contribution is 2.19. The minimum Gasteiger partial charge on any atom is -0.356 e. The highest BCUT2D eigenvalue weighted by molar-refractivity contribution is 14.0. The Hall–Kier alpha value is -0.820. The first-order chi connectivity index (χ1) is 11.6.